The zero-order valence-corrected chi connectivity index (χ0v) is 20.7. The smallest absolute Gasteiger partial charge is 0.335 e. The fraction of sp³-hybridized carbons (Fsp3) is 0.387. The summed E-state index contributed by atoms with van der Waals surface area (Å²) in [6.07, 6.45) is 11.2. The predicted molar refractivity (Wildman–Crippen MR) is 142 cm³/mol. The number of carbonyl (C=O) groups is 1. The molecule has 0 bridgehead atoms. The van der Waals surface area contributed by atoms with Gasteiger partial charge in [-0.25, -0.2) is 4.79 Å². The van der Waals surface area contributed by atoms with E-state index in [9.17, 15) is 4.79 Å². The van der Waals surface area contributed by atoms with E-state index in [0.29, 0.717) is 5.56 Å². The van der Waals surface area contributed by atoms with Crippen LogP contribution in [0, 0.1) is 0 Å². The highest BCUT2D eigenvalue weighted by molar-refractivity contribution is 5.88. The standard InChI is InChI=1S/C31H38O4/c32-31(33)29-17-15-27(16-18-29)28-19-21-30(22-20-28)35-24-12-7-5-3-1-2-4-6-11-23-34-25-26-13-9-8-10-14-26/h8-10,13-22H,1-7,11-12,23-25H2,(H,32,33). The molecule has 0 unspecified atom stereocenters. The molecule has 0 aromatic heterocycles. The Balaban J connectivity index is 1.14. The Morgan fingerprint density at radius 3 is 1.69 bits per heavy atom. The first-order chi connectivity index (χ1) is 17.2. The van der Waals surface area contributed by atoms with Gasteiger partial charge in [-0.2, -0.15) is 0 Å². The summed E-state index contributed by atoms with van der Waals surface area (Å²) in [5, 5.41) is 9.01. The van der Waals surface area contributed by atoms with Crippen molar-refractivity contribution in [1.29, 1.82) is 0 Å². The molecule has 1 N–H and O–H groups in total. The highest BCUT2D eigenvalue weighted by Crippen LogP contribution is 2.23. The third kappa shape index (κ3) is 10.4. The van der Waals surface area contributed by atoms with Crippen molar-refractivity contribution in [3.63, 3.8) is 0 Å². The van der Waals surface area contributed by atoms with Gasteiger partial charge in [0.15, 0.2) is 0 Å². The summed E-state index contributed by atoms with van der Waals surface area (Å²) >= 11 is 0. The molecular weight excluding hydrogens is 436 g/mol. The van der Waals surface area contributed by atoms with Crippen molar-refractivity contribution in [3.05, 3.63) is 90.0 Å². The Hall–Kier alpha value is -3.11. The van der Waals surface area contributed by atoms with Crippen molar-refractivity contribution in [2.75, 3.05) is 13.2 Å². The van der Waals surface area contributed by atoms with Gasteiger partial charge in [-0.1, -0.05) is 99.5 Å². The lowest BCUT2D eigenvalue weighted by Gasteiger charge is -2.08. The predicted octanol–water partition coefficient (Wildman–Crippen LogP) is 8.16. The van der Waals surface area contributed by atoms with Crippen molar-refractivity contribution in [2.45, 2.75) is 64.4 Å². The number of hydrogen-bond donors (Lipinski definition) is 1. The molecule has 0 radical (unpaired) electrons. The Bertz CT molecular complexity index is 965. The quantitative estimate of drug-likeness (QED) is 0.201. The van der Waals surface area contributed by atoms with E-state index >= 15 is 0 Å². The van der Waals surface area contributed by atoms with Crippen LogP contribution in [-0.4, -0.2) is 24.3 Å². The Morgan fingerprint density at radius 2 is 1.11 bits per heavy atom. The zero-order chi connectivity index (χ0) is 24.6. The van der Waals surface area contributed by atoms with E-state index in [2.05, 4.69) is 24.3 Å². The first-order valence-electron chi connectivity index (χ1n) is 12.9. The van der Waals surface area contributed by atoms with E-state index in [1.807, 2.05) is 42.5 Å². The molecule has 0 aliphatic carbocycles. The maximum Gasteiger partial charge on any atom is 0.335 e. The zero-order valence-electron chi connectivity index (χ0n) is 20.7. The number of unbranched alkanes of at least 4 members (excludes halogenated alkanes) is 8. The first-order valence-corrected chi connectivity index (χ1v) is 12.9. The second kappa shape index (κ2) is 15.7. The number of benzene rings is 3. The molecule has 3 aromatic rings. The maximum absolute atomic E-state index is 11.0. The van der Waals surface area contributed by atoms with Crippen LogP contribution in [-0.2, 0) is 11.3 Å². The molecule has 0 fully saturated rings. The number of aromatic carboxylic acids is 1. The van der Waals surface area contributed by atoms with Crippen LogP contribution in [0.5, 0.6) is 5.75 Å². The molecule has 0 amide bonds. The summed E-state index contributed by atoms with van der Waals surface area (Å²) < 4.78 is 11.6. The second-order valence-electron chi connectivity index (χ2n) is 8.98. The molecule has 35 heavy (non-hydrogen) atoms. The molecule has 0 saturated carbocycles. The van der Waals surface area contributed by atoms with Gasteiger partial charge in [-0.15, -0.1) is 0 Å². The molecule has 3 aromatic carbocycles. The number of hydrogen-bond acceptors (Lipinski definition) is 3. The monoisotopic (exact) mass is 474 g/mol. The normalized spacial score (nSPS) is 10.9. The van der Waals surface area contributed by atoms with Crippen LogP contribution in [0.1, 0.15) is 73.7 Å². The average molecular weight is 475 g/mol. The third-order valence-corrected chi connectivity index (χ3v) is 6.13. The van der Waals surface area contributed by atoms with E-state index in [-0.39, 0.29) is 0 Å². The number of carboxylic acids is 1. The molecule has 186 valence electrons. The maximum atomic E-state index is 11.0. The Labute approximate surface area is 209 Å². The van der Waals surface area contributed by atoms with Crippen molar-refractivity contribution < 1.29 is 19.4 Å². The van der Waals surface area contributed by atoms with Gasteiger partial charge in [0.2, 0.25) is 0 Å². The lowest BCUT2D eigenvalue weighted by molar-refractivity contribution is 0.0697. The molecule has 0 aliphatic heterocycles. The summed E-state index contributed by atoms with van der Waals surface area (Å²) in [5.41, 5.74) is 3.60. The van der Waals surface area contributed by atoms with Crippen molar-refractivity contribution >= 4 is 5.97 Å². The van der Waals surface area contributed by atoms with Gasteiger partial charge in [0.25, 0.3) is 0 Å². The summed E-state index contributed by atoms with van der Waals surface area (Å²) in [6.45, 7) is 2.33. The van der Waals surface area contributed by atoms with Gasteiger partial charge in [0.05, 0.1) is 18.8 Å². The fourth-order valence-corrected chi connectivity index (χ4v) is 4.05. The molecular formula is C31H38O4. The van der Waals surface area contributed by atoms with E-state index in [1.165, 1.54) is 50.5 Å². The second-order valence-corrected chi connectivity index (χ2v) is 8.98. The summed E-state index contributed by atoms with van der Waals surface area (Å²) in [6, 6.07) is 25.3. The van der Waals surface area contributed by atoms with Gasteiger partial charge in [-0.05, 0) is 53.8 Å². The molecule has 0 spiro atoms. The topological polar surface area (TPSA) is 55.8 Å². The highest BCUT2D eigenvalue weighted by Gasteiger charge is 2.04. The van der Waals surface area contributed by atoms with Gasteiger partial charge >= 0.3 is 5.97 Å². The summed E-state index contributed by atoms with van der Waals surface area (Å²) in [4.78, 5) is 11.0. The van der Waals surface area contributed by atoms with Crippen LogP contribution in [0.25, 0.3) is 11.1 Å². The molecule has 0 saturated heterocycles. The highest BCUT2D eigenvalue weighted by atomic mass is 16.5. The largest absolute Gasteiger partial charge is 0.494 e. The van der Waals surface area contributed by atoms with Crippen LogP contribution >= 0.6 is 0 Å². The lowest BCUT2D eigenvalue weighted by Crippen LogP contribution is -1.97. The fourth-order valence-electron chi connectivity index (χ4n) is 4.05. The Morgan fingerprint density at radius 1 is 0.600 bits per heavy atom. The third-order valence-electron chi connectivity index (χ3n) is 6.13. The van der Waals surface area contributed by atoms with E-state index in [0.717, 1.165) is 49.5 Å². The van der Waals surface area contributed by atoms with Gasteiger partial charge < -0.3 is 14.6 Å². The number of carboxylic acid groups (broad SMARTS) is 1. The van der Waals surface area contributed by atoms with Crippen LogP contribution < -0.4 is 4.74 Å². The Kier molecular flexibility index (Phi) is 11.9. The van der Waals surface area contributed by atoms with Gasteiger partial charge in [0.1, 0.15) is 5.75 Å². The SMILES string of the molecule is O=C(O)c1ccc(-c2ccc(OCCCCCCCCCCCOCc3ccccc3)cc2)cc1. The van der Waals surface area contributed by atoms with Gasteiger partial charge in [-0.3, -0.25) is 0 Å². The first kappa shape index (κ1) is 26.5. The lowest BCUT2D eigenvalue weighted by atomic mass is 10.0. The van der Waals surface area contributed by atoms with E-state index in [4.69, 9.17) is 14.6 Å². The van der Waals surface area contributed by atoms with Crippen molar-refractivity contribution in [1.82, 2.24) is 0 Å². The van der Waals surface area contributed by atoms with Crippen molar-refractivity contribution in [2.24, 2.45) is 0 Å². The van der Waals surface area contributed by atoms with E-state index in [1.54, 1.807) is 12.1 Å². The van der Waals surface area contributed by atoms with Crippen LogP contribution in [0.2, 0.25) is 0 Å². The summed E-state index contributed by atoms with van der Waals surface area (Å²) in [5.74, 6) is -0.0276. The molecule has 3 rings (SSSR count). The molecule has 0 aliphatic rings. The average Bonchev–Trinajstić information content (AvgIpc) is 2.90. The minimum atomic E-state index is -0.906. The van der Waals surface area contributed by atoms with Gasteiger partial charge in [0, 0.05) is 6.61 Å². The number of ether oxygens (including phenoxy) is 2. The van der Waals surface area contributed by atoms with E-state index < -0.39 is 5.97 Å². The molecule has 4 nitrogen and oxygen atoms in total. The van der Waals surface area contributed by atoms with Crippen LogP contribution in [0.4, 0.5) is 0 Å². The van der Waals surface area contributed by atoms with Crippen LogP contribution in [0.3, 0.4) is 0 Å². The van der Waals surface area contributed by atoms with Crippen LogP contribution in [0.15, 0.2) is 78.9 Å². The van der Waals surface area contributed by atoms with Crippen molar-refractivity contribution in [3.8, 4) is 16.9 Å². The minimum Gasteiger partial charge on any atom is -0.494 e. The number of rotatable bonds is 17. The molecule has 4 heteroatoms. The molecule has 0 atom stereocenters. The molecule has 0 heterocycles. The minimum absolute atomic E-state index is 0.300. The summed E-state index contributed by atoms with van der Waals surface area (Å²) in [7, 11) is 0.